The molecule has 1 atom stereocenters. The van der Waals surface area contributed by atoms with Crippen LogP contribution in [0, 0.1) is 0 Å². The van der Waals surface area contributed by atoms with Crippen molar-refractivity contribution in [2.45, 2.75) is 12.5 Å². The highest BCUT2D eigenvalue weighted by Gasteiger charge is 2.15. The van der Waals surface area contributed by atoms with E-state index in [1.165, 1.54) is 0 Å². The zero-order valence-electron chi connectivity index (χ0n) is 9.06. The van der Waals surface area contributed by atoms with E-state index >= 15 is 0 Å². The largest absolute Gasteiger partial charge is 0.379 e. The highest BCUT2D eigenvalue weighted by Crippen LogP contribution is 2.10. The van der Waals surface area contributed by atoms with Crippen molar-refractivity contribution >= 4 is 11.7 Å². The fourth-order valence-electron chi connectivity index (χ4n) is 1.52. The number of aromatic nitrogens is 2. The minimum Gasteiger partial charge on any atom is -0.379 e. The van der Waals surface area contributed by atoms with Crippen LogP contribution in [-0.2, 0) is 4.74 Å². The van der Waals surface area contributed by atoms with Gasteiger partial charge in [-0.05, 0) is 18.6 Å². The van der Waals surface area contributed by atoms with Gasteiger partial charge in [0.05, 0.1) is 12.6 Å². The van der Waals surface area contributed by atoms with Crippen molar-refractivity contribution in [2.75, 3.05) is 25.6 Å². The first-order valence-electron chi connectivity index (χ1n) is 5.19. The summed E-state index contributed by atoms with van der Waals surface area (Å²) in [5, 5.41) is 13.4. The third-order valence-electron chi connectivity index (χ3n) is 2.41. The van der Waals surface area contributed by atoms with Crippen molar-refractivity contribution in [1.82, 2.24) is 15.5 Å². The van der Waals surface area contributed by atoms with Crippen LogP contribution in [0.5, 0.6) is 0 Å². The molecule has 1 aromatic rings. The summed E-state index contributed by atoms with van der Waals surface area (Å²) >= 11 is 0. The lowest BCUT2D eigenvalue weighted by Crippen LogP contribution is -2.22. The number of rotatable bonds is 3. The van der Waals surface area contributed by atoms with Crippen molar-refractivity contribution in [2.24, 2.45) is 0 Å². The van der Waals surface area contributed by atoms with Gasteiger partial charge >= 0.3 is 0 Å². The molecule has 86 valence electrons. The molecule has 0 spiro atoms. The number of hydrogen-bond acceptors (Lipinski definition) is 5. The zero-order chi connectivity index (χ0) is 11.4. The predicted octanol–water partition coefficient (Wildman–Crippen LogP) is 0.0370. The second-order valence-corrected chi connectivity index (χ2v) is 3.59. The van der Waals surface area contributed by atoms with Crippen molar-refractivity contribution in [3.63, 3.8) is 0 Å². The first-order valence-corrected chi connectivity index (χ1v) is 5.19. The number of hydrogen-bond donors (Lipinski definition) is 2. The van der Waals surface area contributed by atoms with Crippen LogP contribution >= 0.6 is 0 Å². The summed E-state index contributed by atoms with van der Waals surface area (Å²) in [5.41, 5.74) is 0.315. The number of amides is 1. The van der Waals surface area contributed by atoms with E-state index in [2.05, 4.69) is 20.8 Å². The number of nitrogens with one attached hydrogen (secondary N) is 2. The molecule has 0 bridgehead atoms. The average Bonchev–Trinajstić information content (AvgIpc) is 2.82. The Morgan fingerprint density at radius 2 is 2.38 bits per heavy atom. The van der Waals surface area contributed by atoms with Crippen molar-refractivity contribution in [1.29, 1.82) is 0 Å². The molecule has 1 fully saturated rings. The normalized spacial score (nSPS) is 19.4. The van der Waals surface area contributed by atoms with Crippen LogP contribution in [0.4, 0.5) is 5.82 Å². The van der Waals surface area contributed by atoms with Gasteiger partial charge in [0.2, 0.25) is 0 Å². The molecular formula is C10H14N4O2. The summed E-state index contributed by atoms with van der Waals surface area (Å²) in [5.74, 6) is 0.436. The molecule has 1 unspecified atom stereocenters. The highest BCUT2D eigenvalue weighted by molar-refractivity contribution is 5.91. The van der Waals surface area contributed by atoms with Crippen LogP contribution in [0.2, 0.25) is 0 Å². The molecule has 1 aliphatic rings. The van der Waals surface area contributed by atoms with E-state index < -0.39 is 0 Å². The van der Waals surface area contributed by atoms with Gasteiger partial charge in [0.25, 0.3) is 5.91 Å². The van der Waals surface area contributed by atoms with Gasteiger partial charge in [0, 0.05) is 13.7 Å². The van der Waals surface area contributed by atoms with Crippen LogP contribution in [0.25, 0.3) is 0 Å². The lowest BCUT2D eigenvalue weighted by atomic mass is 10.2. The van der Waals surface area contributed by atoms with E-state index in [4.69, 9.17) is 4.74 Å². The van der Waals surface area contributed by atoms with Crippen LogP contribution in [-0.4, -0.2) is 42.4 Å². The maximum absolute atomic E-state index is 11.2. The molecule has 2 rings (SSSR count). The summed E-state index contributed by atoms with van der Waals surface area (Å²) in [6.45, 7) is 1.47. The summed E-state index contributed by atoms with van der Waals surface area (Å²) < 4.78 is 5.23. The summed E-state index contributed by atoms with van der Waals surface area (Å²) in [6.07, 6.45) is 0.971. The molecule has 6 nitrogen and oxygen atoms in total. The third kappa shape index (κ3) is 2.46. The SMILES string of the molecule is CNC(=O)c1ccc(NC2CCOC2)nn1. The average molecular weight is 222 g/mol. The standard InChI is InChI=1S/C10H14N4O2/c1-11-10(15)8-2-3-9(14-13-8)12-7-4-5-16-6-7/h2-3,7H,4-6H2,1H3,(H,11,15)(H,12,14). The van der Waals surface area contributed by atoms with E-state index in [9.17, 15) is 4.79 Å². The molecule has 1 saturated heterocycles. The Morgan fingerprint density at radius 3 is 2.94 bits per heavy atom. The van der Waals surface area contributed by atoms with Gasteiger partial charge in [0.1, 0.15) is 5.82 Å². The van der Waals surface area contributed by atoms with Gasteiger partial charge in [-0.15, -0.1) is 10.2 Å². The van der Waals surface area contributed by atoms with E-state index in [-0.39, 0.29) is 5.91 Å². The Bertz CT molecular complexity index is 360. The van der Waals surface area contributed by atoms with Crippen molar-refractivity contribution in [3.8, 4) is 0 Å². The maximum Gasteiger partial charge on any atom is 0.271 e. The second kappa shape index (κ2) is 4.89. The van der Waals surface area contributed by atoms with Crippen LogP contribution in [0.1, 0.15) is 16.9 Å². The Labute approximate surface area is 93.4 Å². The maximum atomic E-state index is 11.2. The molecule has 0 aliphatic carbocycles. The fourth-order valence-corrected chi connectivity index (χ4v) is 1.52. The summed E-state index contributed by atoms with van der Waals surface area (Å²) in [6, 6.07) is 3.68. The molecule has 0 saturated carbocycles. The molecule has 2 N–H and O–H groups in total. The predicted molar refractivity (Wildman–Crippen MR) is 58.3 cm³/mol. The van der Waals surface area contributed by atoms with E-state index in [0.717, 1.165) is 13.0 Å². The van der Waals surface area contributed by atoms with Gasteiger partial charge < -0.3 is 15.4 Å². The molecule has 0 radical (unpaired) electrons. The number of anilines is 1. The number of carbonyl (C=O) groups excluding carboxylic acids is 1. The topological polar surface area (TPSA) is 76.1 Å². The molecule has 6 heteroatoms. The molecular weight excluding hydrogens is 208 g/mol. The second-order valence-electron chi connectivity index (χ2n) is 3.59. The number of nitrogens with zero attached hydrogens (tertiary/aromatic N) is 2. The number of carbonyl (C=O) groups is 1. The van der Waals surface area contributed by atoms with Crippen LogP contribution < -0.4 is 10.6 Å². The van der Waals surface area contributed by atoms with E-state index in [0.29, 0.717) is 24.2 Å². The van der Waals surface area contributed by atoms with E-state index in [1.807, 2.05) is 0 Å². The Kier molecular flexibility index (Phi) is 3.31. The number of ether oxygens (including phenoxy) is 1. The minimum absolute atomic E-state index is 0.233. The molecule has 1 aliphatic heterocycles. The zero-order valence-corrected chi connectivity index (χ0v) is 9.06. The van der Waals surface area contributed by atoms with Crippen molar-refractivity contribution < 1.29 is 9.53 Å². The molecule has 0 aromatic carbocycles. The Balaban J connectivity index is 1.98. The fraction of sp³-hybridized carbons (Fsp3) is 0.500. The van der Waals surface area contributed by atoms with Gasteiger partial charge in [-0.25, -0.2) is 0 Å². The first kappa shape index (κ1) is 10.8. The van der Waals surface area contributed by atoms with Crippen LogP contribution in [0.3, 0.4) is 0 Å². The minimum atomic E-state index is -0.233. The molecule has 2 heterocycles. The van der Waals surface area contributed by atoms with E-state index in [1.54, 1.807) is 19.2 Å². The molecule has 16 heavy (non-hydrogen) atoms. The van der Waals surface area contributed by atoms with Gasteiger partial charge in [0.15, 0.2) is 5.69 Å². The van der Waals surface area contributed by atoms with Gasteiger partial charge in [-0.3, -0.25) is 4.79 Å². The summed E-state index contributed by atoms with van der Waals surface area (Å²) in [4.78, 5) is 11.2. The first-order chi connectivity index (χ1) is 7.79. The monoisotopic (exact) mass is 222 g/mol. The Morgan fingerprint density at radius 1 is 1.50 bits per heavy atom. The van der Waals surface area contributed by atoms with Crippen LogP contribution in [0.15, 0.2) is 12.1 Å². The van der Waals surface area contributed by atoms with Gasteiger partial charge in [-0.1, -0.05) is 0 Å². The molecule has 1 aromatic heterocycles. The van der Waals surface area contributed by atoms with Gasteiger partial charge in [-0.2, -0.15) is 0 Å². The Hall–Kier alpha value is -1.69. The smallest absolute Gasteiger partial charge is 0.271 e. The lowest BCUT2D eigenvalue weighted by molar-refractivity contribution is 0.0957. The molecule has 1 amide bonds. The van der Waals surface area contributed by atoms with Crippen molar-refractivity contribution in [3.05, 3.63) is 17.8 Å². The highest BCUT2D eigenvalue weighted by atomic mass is 16.5. The third-order valence-corrected chi connectivity index (χ3v) is 2.41. The summed E-state index contributed by atoms with van der Waals surface area (Å²) in [7, 11) is 1.56. The lowest BCUT2D eigenvalue weighted by Gasteiger charge is -2.10. The quantitative estimate of drug-likeness (QED) is 0.755.